The molecule has 0 bridgehead atoms. The zero-order chi connectivity index (χ0) is 31.2. The Labute approximate surface area is 247 Å². The van der Waals surface area contributed by atoms with Gasteiger partial charge in [-0.1, -0.05) is 55.8 Å². The van der Waals surface area contributed by atoms with Crippen LogP contribution in [0.4, 0.5) is 23.2 Å². The molecule has 0 spiro atoms. The smallest absolute Gasteiger partial charge is 0.354 e. The Morgan fingerprint density at radius 2 is 1.57 bits per heavy atom. The number of nitrogens with zero attached hydrogens (tertiary/aromatic N) is 2. The molecule has 0 unspecified atom stereocenters. The summed E-state index contributed by atoms with van der Waals surface area (Å²) in [7, 11) is -4.63. The Kier molecular flexibility index (Phi) is 10.6. The summed E-state index contributed by atoms with van der Waals surface area (Å²) in [4.78, 5) is 27.6. The van der Waals surface area contributed by atoms with Crippen molar-refractivity contribution in [3.8, 4) is 0 Å². The summed E-state index contributed by atoms with van der Waals surface area (Å²) in [5, 5.41) is 2.37. The van der Waals surface area contributed by atoms with Gasteiger partial charge in [0.25, 0.3) is 10.0 Å². The second-order valence-corrected chi connectivity index (χ2v) is 12.2. The van der Waals surface area contributed by atoms with Gasteiger partial charge in [-0.05, 0) is 60.9 Å². The fourth-order valence-electron chi connectivity index (χ4n) is 3.93. The number of sulfonamides is 1. The van der Waals surface area contributed by atoms with Crippen LogP contribution in [-0.4, -0.2) is 44.3 Å². The predicted octanol–water partition coefficient (Wildman–Crippen LogP) is 5.88. The molecule has 226 valence electrons. The van der Waals surface area contributed by atoms with Crippen LogP contribution in [0.15, 0.2) is 77.7 Å². The van der Waals surface area contributed by atoms with Gasteiger partial charge in [0.2, 0.25) is 11.8 Å². The third kappa shape index (κ3) is 8.22. The first-order valence-corrected chi connectivity index (χ1v) is 14.7. The van der Waals surface area contributed by atoms with Crippen molar-refractivity contribution < 1.29 is 35.6 Å². The van der Waals surface area contributed by atoms with Crippen molar-refractivity contribution in [2.75, 3.05) is 17.4 Å². The van der Waals surface area contributed by atoms with E-state index in [9.17, 15) is 35.6 Å². The highest BCUT2D eigenvalue weighted by atomic mass is 35.5. The number of benzene rings is 3. The van der Waals surface area contributed by atoms with Crippen LogP contribution in [0.25, 0.3) is 0 Å². The number of rotatable bonds is 11. The SMILES string of the molecule is CC(C)CNC(=O)[C@@H](C)N(Cc1ccc(F)cc1)C(=O)CN(c1cc(C(F)(F)F)ccc1Cl)S(=O)(=O)c1ccccc1. The van der Waals surface area contributed by atoms with E-state index in [4.69, 9.17) is 11.6 Å². The molecule has 0 aliphatic rings. The molecule has 2 amide bonds. The number of amides is 2. The maximum atomic E-state index is 13.9. The van der Waals surface area contributed by atoms with Gasteiger partial charge in [0, 0.05) is 13.1 Å². The van der Waals surface area contributed by atoms with E-state index in [0.717, 1.165) is 23.1 Å². The zero-order valence-electron chi connectivity index (χ0n) is 23.0. The lowest BCUT2D eigenvalue weighted by molar-refractivity contribution is -0.139. The van der Waals surface area contributed by atoms with Crippen LogP contribution in [-0.2, 0) is 32.3 Å². The van der Waals surface area contributed by atoms with Gasteiger partial charge in [0.1, 0.15) is 18.4 Å². The minimum Gasteiger partial charge on any atom is -0.354 e. The largest absolute Gasteiger partial charge is 0.416 e. The number of hydrogen-bond acceptors (Lipinski definition) is 4. The minimum absolute atomic E-state index is 0.0944. The van der Waals surface area contributed by atoms with E-state index < -0.39 is 57.7 Å². The summed E-state index contributed by atoms with van der Waals surface area (Å²) in [5.41, 5.74) is -1.31. The van der Waals surface area contributed by atoms with Crippen LogP contribution >= 0.6 is 11.6 Å². The van der Waals surface area contributed by atoms with Crippen LogP contribution in [0.1, 0.15) is 31.9 Å². The second kappa shape index (κ2) is 13.6. The molecule has 0 aromatic heterocycles. The standard InChI is InChI=1S/C29H30ClF4N3O4S/c1-19(2)16-35-28(39)20(3)36(17-21-9-12-23(31)13-10-21)27(38)18-37(42(40,41)24-7-5-4-6-8-24)26-15-22(29(32,33)34)11-14-25(26)30/h4-15,19-20H,16-18H2,1-3H3,(H,35,39)/t20-/m1/s1. The summed E-state index contributed by atoms with van der Waals surface area (Å²) in [6, 6.07) is 13.0. The zero-order valence-corrected chi connectivity index (χ0v) is 24.6. The topological polar surface area (TPSA) is 86.8 Å². The highest BCUT2D eigenvalue weighted by Crippen LogP contribution is 2.37. The summed E-state index contributed by atoms with van der Waals surface area (Å²) < 4.78 is 82.4. The molecule has 0 heterocycles. The minimum atomic E-state index is -4.83. The monoisotopic (exact) mass is 627 g/mol. The van der Waals surface area contributed by atoms with Crippen molar-refractivity contribution in [3.05, 3.63) is 94.8 Å². The molecule has 1 N–H and O–H groups in total. The number of carbonyl (C=O) groups excluding carboxylic acids is 2. The highest BCUT2D eigenvalue weighted by molar-refractivity contribution is 7.92. The maximum absolute atomic E-state index is 13.9. The first kappa shape index (κ1) is 32.9. The van der Waals surface area contributed by atoms with Crippen LogP contribution in [0.2, 0.25) is 5.02 Å². The van der Waals surface area contributed by atoms with Gasteiger partial charge >= 0.3 is 6.18 Å². The van der Waals surface area contributed by atoms with E-state index >= 15 is 0 Å². The van der Waals surface area contributed by atoms with Gasteiger partial charge in [0.15, 0.2) is 0 Å². The Balaban J connectivity index is 2.10. The third-order valence-electron chi connectivity index (χ3n) is 6.27. The van der Waals surface area contributed by atoms with E-state index in [1.165, 1.54) is 43.3 Å². The fourth-order valence-corrected chi connectivity index (χ4v) is 5.65. The van der Waals surface area contributed by atoms with Crippen molar-refractivity contribution in [2.24, 2.45) is 5.92 Å². The number of anilines is 1. The molecule has 13 heteroatoms. The lowest BCUT2D eigenvalue weighted by Gasteiger charge is -2.32. The molecular formula is C29H30ClF4N3O4S. The first-order chi connectivity index (χ1) is 19.6. The Bertz CT molecular complexity index is 1500. The van der Waals surface area contributed by atoms with Crippen molar-refractivity contribution in [2.45, 2.75) is 44.4 Å². The van der Waals surface area contributed by atoms with Gasteiger partial charge in [0.05, 0.1) is 21.2 Å². The molecule has 0 radical (unpaired) electrons. The number of nitrogens with one attached hydrogen (secondary N) is 1. The number of carbonyl (C=O) groups is 2. The molecule has 42 heavy (non-hydrogen) atoms. The maximum Gasteiger partial charge on any atom is 0.416 e. The normalized spacial score (nSPS) is 12.6. The van der Waals surface area contributed by atoms with Gasteiger partial charge in [-0.25, -0.2) is 12.8 Å². The molecule has 3 aromatic rings. The third-order valence-corrected chi connectivity index (χ3v) is 8.36. The van der Waals surface area contributed by atoms with Crippen LogP contribution < -0.4 is 9.62 Å². The summed E-state index contributed by atoms with van der Waals surface area (Å²) in [6.45, 7) is 4.28. The van der Waals surface area contributed by atoms with Crippen LogP contribution in [0.5, 0.6) is 0 Å². The Hall–Kier alpha value is -3.64. The number of hydrogen-bond donors (Lipinski definition) is 1. The fraction of sp³-hybridized carbons (Fsp3) is 0.310. The predicted molar refractivity (Wildman–Crippen MR) is 152 cm³/mol. The average molecular weight is 628 g/mol. The van der Waals surface area contributed by atoms with Crippen molar-refractivity contribution in [1.29, 1.82) is 0 Å². The lowest BCUT2D eigenvalue weighted by Crippen LogP contribution is -2.51. The molecule has 0 saturated carbocycles. The van der Waals surface area contributed by atoms with Crippen molar-refractivity contribution in [1.82, 2.24) is 10.2 Å². The molecule has 0 aliphatic heterocycles. The molecule has 3 rings (SSSR count). The summed E-state index contributed by atoms with van der Waals surface area (Å²) >= 11 is 6.23. The Morgan fingerprint density at radius 3 is 2.14 bits per heavy atom. The van der Waals surface area contributed by atoms with Gasteiger partial charge < -0.3 is 10.2 Å². The first-order valence-electron chi connectivity index (χ1n) is 12.9. The molecule has 7 nitrogen and oxygen atoms in total. The van der Waals surface area contributed by atoms with E-state index in [1.54, 1.807) is 6.07 Å². The molecule has 3 aromatic carbocycles. The summed E-state index contributed by atoms with van der Waals surface area (Å²) in [6.07, 6.45) is -4.83. The van der Waals surface area contributed by atoms with E-state index in [2.05, 4.69) is 5.32 Å². The quantitative estimate of drug-likeness (QED) is 0.269. The van der Waals surface area contributed by atoms with E-state index in [1.807, 2.05) is 13.8 Å². The molecule has 1 atom stereocenters. The van der Waals surface area contributed by atoms with Gasteiger partial charge in [-0.2, -0.15) is 13.2 Å². The molecule has 0 fully saturated rings. The number of halogens is 5. The van der Waals surface area contributed by atoms with Crippen LogP contribution in [0.3, 0.4) is 0 Å². The number of alkyl halides is 3. The highest BCUT2D eigenvalue weighted by Gasteiger charge is 2.36. The molecular weight excluding hydrogens is 598 g/mol. The van der Waals surface area contributed by atoms with Crippen molar-refractivity contribution >= 4 is 39.1 Å². The average Bonchev–Trinajstić information content (AvgIpc) is 2.94. The van der Waals surface area contributed by atoms with Crippen LogP contribution in [0, 0.1) is 11.7 Å². The molecule has 0 aliphatic carbocycles. The van der Waals surface area contributed by atoms with Gasteiger partial charge in [-0.15, -0.1) is 0 Å². The lowest BCUT2D eigenvalue weighted by atomic mass is 10.1. The summed E-state index contributed by atoms with van der Waals surface area (Å²) in [5.74, 6) is -1.87. The van der Waals surface area contributed by atoms with E-state index in [-0.39, 0.29) is 22.4 Å². The molecule has 0 saturated heterocycles. The van der Waals surface area contributed by atoms with Crippen molar-refractivity contribution in [3.63, 3.8) is 0 Å². The van der Waals surface area contributed by atoms with E-state index in [0.29, 0.717) is 28.5 Å². The Morgan fingerprint density at radius 1 is 0.952 bits per heavy atom. The van der Waals surface area contributed by atoms with Gasteiger partial charge in [-0.3, -0.25) is 13.9 Å². The second-order valence-electron chi connectivity index (χ2n) is 9.95.